The quantitative estimate of drug-likeness (QED) is 0.0780. The zero-order chi connectivity index (χ0) is 27.4. The van der Waals surface area contributed by atoms with Gasteiger partial charge in [-0.1, -0.05) is 86.5 Å². The van der Waals surface area contributed by atoms with Crippen LogP contribution in [-0.2, 0) is 4.79 Å². The van der Waals surface area contributed by atoms with E-state index in [0.717, 1.165) is 14.5 Å². The smallest absolute Gasteiger partial charge is 0.336 e. The summed E-state index contributed by atoms with van der Waals surface area (Å²) in [6, 6.07) is 27.5. The van der Waals surface area contributed by atoms with Crippen molar-refractivity contribution in [1.82, 2.24) is 9.66 Å². The van der Waals surface area contributed by atoms with Crippen LogP contribution in [0.2, 0.25) is 0 Å². The Morgan fingerprint density at radius 1 is 0.872 bits per heavy atom. The van der Waals surface area contributed by atoms with Gasteiger partial charge < -0.3 is 4.74 Å². The summed E-state index contributed by atoms with van der Waals surface area (Å²) in [7, 11) is 0. The van der Waals surface area contributed by atoms with Gasteiger partial charge in [-0.2, -0.15) is 9.78 Å². The van der Waals surface area contributed by atoms with E-state index in [1.54, 1.807) is 36.4 Å². The van der Waals surface area contributed by atoms with Crippen LogP contribution in [0.5, 0.6) is 5.75 Å². The molecule has 0 amide bonds. The van der Waals surface area contributed by atoms with E-state index in [9.17, 15) is 9.59 Å². The van der Waals surface area contributed by atoms with Crippen LogP contribution in [0.1, 0.15) is 11.1 Å². The molecule has 5 aromatic rings. The van der Waals surface area contributed by atoms with Crippen molar-refractivity contribution in [3.63, 3.8) is 0 Å². The van der Waals surface area contributed by atoms with E-state index < -0.39 is 5.97 Å². The average molecular weight is 708 g/mol. The third-order valence-electron chi connectivity index (χ3n) is 5.62. The molecular weight excluding hydrogens is 690 g/mol. The van der Waals surface area contributed by atoms with E-state index in [-0.39, 0.29) is 11.3 Å². The number of hydrogen-bond donors (Lipinski definition) is 0. The third-order valence-corrected chi connectivity index (χ3v) is 7.20. The first kappa shape index (κ1) is 26.9. The molecule has 0 bridgehead atoms. The number of nitrogens with zero attached hydrogens (tertiary/aromatic N) is 3. The molecule has 0 aliphatic carbocycles. The van der Waals surface area contributed by atoms with Crippen molar-refractivity contribution in [2.24, 2.45) is 5.10 Å². The molecule has 5 rings (SSSR count). The molecule has 0 aliphatic rings. The zero-order valence-electron chi connectivity index (χ0n) is 20.1. The first-order valence-electron chi connectivity index (χ1n) is 11.6. The van der Waals surface area contributed by atoms with E-state index in [1.807, 2.05) is 60.7 Å². The molecule has 0 fully saturated rings. The van der Waals surface area contributed by atoms with Gasteiger partial charge in [-0.15, -0.1) is 0 Å². The van der Waals surface area contributed by atoms with E-state index >= 15 is 0 Å². The number of esters is 1. The number of rotatable bonds is 6. The number of hydrogen-bond acceptors (Lipinski definition) is 5. The predicted octanol–water partition coefficient (Wildman–Crippen LogP) is 7.85. The molecule has 0 saturated carbocycles. The summed E-state index contributed by atoms with van der Waals surface area (Å²) in [6.07, 6.45) is 4.50. The fourth-order valence-corrected chi connectivity index (χ4v) is 5.39. The Bertz CT molecular complexity index is 1800. The van der Waals surface area contributed by atoms with Crippen LogP contribution in [0, 0.1) is 0 Å². The molecule has 1 aromatic heterocycles. The zero-order valence-corrected chi connectivity index (χ0v) is 24.9. The maximum absolute atomic E-state index is 13.5. The van der Waals surface area contributed by atoms with Crippen LogP contribution in [0.3, 0.4) is 0 Å². The van der Waals surface area contributed by atoms with Crippen molar-refractivity contribution in [2.75, 3.05) is 0 Å². The van der Waals surface area contributed by atoms with E-state index in [1.165, 1.54) is 17.0 Å². The van der Waals surface area contributed by atoms with Crippen molar-refractivity contribution in [1.29, 1.82) is 0 Å². The summed E-state index contributed by atoms with van der Waals surface area (Å²) >= 11 is 10.4. The maximum Gasteiger partial charge on any atom is 0.336 e. The van der Waals surface area contributed by atoms with Gasteiger partial charge >= 0.3 is 5.97 Å². The number of fused-ring (bicyclic) bond motifs is 1. The van der Waals surface area contributed by atoms with Crippen LogP contribution < -0.4 is 10.3 Å². The maximum atomic E-state index is 13.5. The Hall–Kier alpha value is -3.66. The number of benzene rings is 4. The second-order valence-electron chi connectivity index (χ2n) is 8.29. The molecule has 9 heteroatoms. The molecule has 4 aromatic carbocycles. The highest BCUT2D eigenvalue weighted by Gasteiger charge is 2.15. The minimum Gasteiger partial charge on any atom is -0.421 e. The fraction of sp³-hybridized carbons (Fsp3) is 0. The number of carbonyl (C=O) groups excluding carboxylic acids is 1. The lowest BCUT2D eigenvalue weighted by Gasteiger charge is -2.11. The summed E-state index contributed by atoms with van der Waals surface area (Å²) in [6.45, 7) is 0. The lowest BCUT2D eigenvalue weighted by Crippen LogP contribution is -2.20. The topological polar surface area (TPSA) is 73.5 Å². The van der Waals surface area contributed by atoms with Crippen LogP contribution in [0.25, 0.3) is 28.4 Å². The van der Waals surface area contributed by atoms with Gasteiger partial charge in [0, 0.05) is 26.1 Å². The van der Waals surface area contributed by atoms with Crippen LogP contribution in [0.15, 0.2) is 120 Å². The minimum absolute atomic E-state index is 0.261. The number of aromatic nitrogens is 2. The molecule has 0 radical (unpaired) electrons. The summed E-state index contributed by atoms with van der Waals surface area (Å²) < 4.78 is 9.10. The number of ether oxygens (including phenoxy) is 1. The van der Waals surface area contributed by atoms with Gasteiger partial charge in [-0.05, 0) is 64.0 Å². The summed E-state index contributed by atoms with van der Waals surface area (Å²) in [5, 5.41) is 4.96. The average Bonchev–Trinajstić information content (AvgIpc) is 2.94. The Labute approximate surface area is 249 Å². The lowest BCUT2D eigenvalue weighted by atomic mass is 10.2. The molecular formula is C30H18Br3N3O3. The Morgan fingerprint density at radius 3 is 2.36 bits per heavy atom. The molecule has 0 spiro atoms. The first-order chi connectivity index (χ1) is 18.9. The second-order valence-corrected chi connectivity index (χ2v) is 11.0. The molecule has 0 atom stereocenters. The van der Waals surface area contributed by atoms with Crippen molar-refractivity contribution < 1.29 is 9.53 Å². The molecule has 1 heterocycles. The highest BCUT2D eigenvalue weighted by molar-refractivity contribution is 9.11. The molecule has 192 valence electrons. The van der Waals surface area contributed by atoms with E-state index in [2.05, 4.69) is 52.9 Å². The van der Waals surface area contributed by atoms with Crippen molar-refractivity contribution in [3.05, 3.63) is 132 Å². The molecule has 6 nitrogen and oxygen atoms in total. The molecule has 39 heavy (non-hydrogen) atoms. The summed E-state index contributed by atoms with van der Waals surface area (Å²) in [5.41, 5.74) is 2.30. The van der Waals surface area contributed by atoms with Crippen LogP contribution in [0.4, 0.5) is 0 Å². The summed E-state index contributed by atoms with van der Waals surface area (Å²) in [4.78, 5) is 30.9. The van der Waals surface area contributed by atoms with Gasteiger partial charge in [0.2, 0.25) is 0 Å². The number of carbonyl (C=O) groups is 1. The molecule has 0 unspecified atom stereocenters. The van der Waals surface area contributed by atoms with Gasteiger partial charge in [0.25, 0.3) is 5.56 Å². The van der Waals surface area contributed by atoms with Gasteiger partial charge in [-0.25, -0.2) is 9.78 Å². The van der Waals surface area contributed by atoms with E-state index in [4.69, 9.17) is 9.72 Å². The Morgan fingerprint density at radius 2 is 1.59 bits per heavy atom. The highest BCUT2D eigenvalue weighted by Crippen LogP contribution is 2.32. The largest absolute Gasteiger partial charge is 0.421 e. The monoisotopic (exact) mass is 705 g/mol. The van der Waals surface area contributed by atoms with Gasteiger partial charge in [0.05, 0.1) is 21.6 Å². The molecule has 0 N–H and O–H groups in total. The van der Waals surface area contributed by atoms with Crippen molar-refractivity contribution >= 4 is 77.0 Å². The van der Waals surface area contributed by atoms with Gasteiger partial charge in [-0.3, -0.25) is 4.79 Å². The normalized spacial score (nSPS) is 11.5. The third kappa shape index (κ3) is 6.33. The standard InChI is InChI=1S/C30H18Br3N3O3/c31-22-13-11-20(12-14-22)29-35-26-9-5-4-8-24(26)30(38)36(29)34-18-21-16-23(32)17-25(33)28(21)39-27(37)15-10-19-6-2-1-3-7-19/h1-18H/b15-10+,34-18?. The van der Waals surface area contributed by atoms with Crippen molar-refractivity contribution in [2.45, 2.75) is 0 Å². The highest BCUT2D eigenvalue weighted by atomic mass is 79.9. The van der Waals surface area contributed by atoms with Gasteiger partial charge in [0.1, 0.15) is 0 Å². The van der Waals surface area contributed by atoms with Crippen LogP contribution >= 0.6 is 47.8 Å². The number of para-hydroxylation sites is 1. The Kier molecular flexibility index (Phi) is 8.30. The summed E-state index contributed by atoms with van der Waals surface area (Å²) in [5.74, 6) is 0.0779. The lowest BCUT2D eigenvalue weighted by molar-refractivity contribution is -0.128. The number of halogens is 3. The predicted molar refractivity (Wildman–Crippen MR) is 165 cm³/mol. The second kappa shape index (κ2) is 12.0. The Balaban J connectivity index is 1.56. The molecule has 0 aliphatic heterocycles. The van der Waals surface area contributed by atoms with Crippen LogP contribution in [-0.4, -0.2) is 21.8 Å². The van der Waals surface area contributed by atoms with E-state index in [0.29, 0.717) is 32.3 Å². The SMILES string of the molecule is O=C(/C=C/c1ccccc1)Oc1c(Br)cc(Br)cc1C=Nn1c(-c2ccc(Br)cc2)nc2ccccc2c1=O. The van der Waals surface area contributed by atoms with Gasteiger partial charge in [0.15, 0.2) is 11.6 Å². The fourth-order valence-electron chi connectivity index (χ4n) is 3.78. The van der Waals surface area contributed by atoms with Crippen molar-refractivity contribution in [3.8, 4) is 17.1 Å². The molecule has 0 saturated heterocycles. The first-order valence-corrected chi connectivity index (χ1v) is 14.0. The minimum atomic E-state index is -0.559.